The van der Waals surface area contributed by atoms with Crippen molar-refractivity contribution in [3.63, 3.8) is 0 Å². The molecule has 0 aliphatic heterocycles. The second kappa shape index (κ2) is 3.43. The molecule has 0 fully saturated rings. The second-order valence-corrected chi connectivity index (χ2v) is 2.78. The first-order valence-electron chi connectivity index (χ1n) is 3.66. The van der Waals surface area contributed by atoms with E-state index in [1.54, 1.807) is 0 Å². The highest BCUT2D eigenvalue weighted by Crippen LogP contribution is 2.15. The van der Waals surface area contributed by atoms with Crippen molar-refractivity contribution in [3.8, 4) is 0 Å². The van der Waals surface area contributed by atoms with Crippen LogP contribution in [0.1, 0.15) is 25.7 Å². The van der Waals surface area contributed by atoms with Crippen LogP contribution in [-0.4, -0.2) is 27.7 Å². The lowest BCUT2D eigenvalue weighted by atomic mass is 10.0. The molecule has 5 heteroatoms. The Bertz CT molecular complexity index is 193. The van der Waals surface area contributed by atoms with Gasteiger partial charge in [-0.05, 0) is 13.0 Å². The fraction of sp³-hybridized carbons (Fsp3) is 0.833. The van der Waals surface area contributed by atoms with Gasteiger partial charge < -0.3 is 5.32 Å². The highest BCUT2D eigenvalue weighted by Gasteiger charge is 2.16. The van der Waals surface area contributed by atoms with E-state index in [4.69, 9.17) is 0 Å². The molecule has 0 aliphatic rings. The van der Waals surface area contributed by atoms with E-state index < -0.39 is 0 Å². The first kappa shape index (κ1) is 8.13. The van der Waals surface area contributed by atoms with Gasteiger partial charge in [-0.25, -0.2) is 0 Å². The van der Waals surface area contributed by atoms with Crippen LogP contribution in [0.5, 0.6) is 0 Å². The van der Waals surface area contributed by atoms with Gasteiger partial charge in [0.1, 0.15) is 0 Å². The number of aromatic nitrogens is 4. The predicted molar refractivity (Wildman–Crippen MR) is 40.8 cm³/mol. The minimum Gasteiger partial charge on any atom is -0.310 e. The van der Waals surface area contributed by atoms with Crippen LogP contribution in [0.25, 0.3) is 0 Å². The lowest BCUT2D eigenvalue weighted by molar-refractivity contribution is 0.423. The molecule has 2 N–H and O–H groups in total. The lowest BCUT2D eigenvalue weighted by Crippen LogP contribution is -2.22. The molecule has 1 unspecified atom stereocenters. The Hall–Kier alpha value is -0.970. The van der Waals surface area contributed by atoms with Crippen molar-refractivity contribution in [2.45, 2.75) is 19.9 Å². The first-order chi connectivity index (χ1) is 5.25. The summed E-state index contributed by atoms with van der Waals surface area (Å²) in [6.45, 7) is 4.22. The zero-order chi connectivity index (χ0) is 8.27. The summed E-state index contributed by atoms with van der Waals surface area (Å²) in [6.07, 6.45) is 0. The minimum absolute atomic E-state index is 0.189. The van der Waals surface area contributed by atoms with Crippen LogP contribution < -0.4 is 5.32 Å². The third-order valence-corrected chi connectivity index (χ3v) is 1.62. The zero-order valence-corrected chi connectivity index (χ0v) is 7.00. The Kier molecular flexibility index (Phi) is 2.53. The van der Waals surface area contributed by atoms with E-state index in [0.29, 0.717) is 5.92 Å². The molecule has 5 nitrogen and oxygen atoms in total. The largest absolute Gasteiger partial charge is 0.310 e. The third kappa shape index (κ3) is 1.74. The quantitative estimate of drug-likeness (QED) is 0.650. The van der Waals surface area contributed by atoms with Gasteiger partial charge in [-0.2, -0.15) is 5.21 Å². The molecule has 1 heterocycles. The van der Waals surface area contributed by atoms with E-state index in [2.05, 4.69) is 39.8 Å². The predicted octanol–water partition coefficient (Wildman–Crippen LogP) is 0.116. The van der Waals surface area contributed by atoms with Gasteiger partial charge in [-0.1, -0.05) is 19.1 Å². The zero-order valence-electron chi connectivity index (χ0n) is 7.00. The van der Waals surface area contributed by atoms with E-state index in [0.717, 1.165) is 5.82 Å². The maximum absolute atomic E-state index is 3.90. The molecule has 0 radical (unpaired) electrons. The SMILES string of the molecule is CNC(c1nn[nH]n1)C(C)C. The Morgan fingerprint density at radius 1 is 1.45 bits per heavy atom. The monoisotopic (exact) mass is 155 g/mol. The van der Waals surface area contributed by atoms with Crippen molar-refractivity contribution in [1.29, 1.82) is 0 Å². The minimum atomic E-state index is 0.189. The molecule has 62 valence electrons. The molecule has 0 aliphatic carbocycles. The highest BCUT2D eigenvalue weighted by atomic mass is 15.5. The van der Waals surface area contributed by atoms with E-state index in [-0.39, 0.29) is 6.04 Å². The fourth-order valence-electron chi connectivity index (χ4n) is 1.06. The molecular formula is C6H13N5. The number of aromatic amines is 1. The molecule has 1 atom stereocenters. The number of hydrogen-bond acceptors (Lipinski definition) is 4. The van der Waals surface area contributed by atoms with E-state index in [1.807, 2.05) is 7.05 Å². The van der Waals surface area contributed by atoms with Gasteiger partial charge in [-0.3, -0.25) is 0 Å². The highest BCUT2D eigenvalue weighted by molar-refractivity contribution is 4.89. The normalized spacial score (nSPS) is 13.8. The van der Waals surface area contributed by atoms with Crippen LogP contribution in [0, 0.1) is 5.92 Å². The Morgan fingerprint density at radius 3 is 2.55 bits per heavy atom. The fourth-order valence-corrected chi connectivity index (χ4v) is 1.06. The second-order valence-electron chi connectivity index (χ2n) is 2.78. The molecule has 0 spiro atoms. The number of hydrogen-bond donors (Lipinski definition) is 2. The van der Waals surface area contributed by atoms with Crippen LogP contribution in [0.2, 0.25) is 0 Å². The van der Waals surface area contributed by atoms with Gasteiger partial charge in [0.25, 0.3) is 0 Å². The topological polar surface area (TPSA) is 66.5 Å². The van der Waals surface area contributed by atoms with Crippen molar-refractivity contribution >= 4 is 0 Å². The van der Waals surface area contributed by atoms with Crippen molar-refractivity contribution < 1.29 is 0 Å². The van der Waals surface area contributed by atoms with Gasteiger partial charge in [0, 0.05) is 0 Å². The molecular weight excluding hydrogens is 142 g/mol. The van der Waals surface area contributed by atoms with E-state index in [9.17, 15) is 0 Å². The summed E-state index contributed by atoms with van der Waals surface area (Å²) in [4.78, 5) is 0. The van der Waals surface area contributed by atoms with Gasteiger partial charge >= 0.3 is 0 Å². The maximum Gasteiger partial charge on any atom is 0.191 e. The van der Waals surface area contributed by atoms with Crippen molar-refractivity contribution in [2.24, 2.45) is 5.92 Å². The number of nitrogens with one attached hydrogen (secondary N) is 2. The molecule has 1 rings (SSSR count). The Labute approximate surface area is 65.6 Å². The number of tetrazole rings is 1. The van der Waals surface area contributed by atoms with Gasteiger partial charge in [0.15, 0.2) is 5.82 Å². The van der Waals surface area contributed by atoms with Crippen LogP contribution in [0.3, 0.4) is 0 Å². The summed E-state index contributed by atoms with van der Waals surface area (Å²) in [5.74, 6) is 1.19. The standard InChI is InChI=1S/C6H13N5/c1-4(2)5(7-3)6-8-10-11-9-6/h4-5,7H,1-3H3,(H,8,9,10,11). The summed E-state index contributed by atoms with van der Waals surface area (Å²) in [5, 5.41) is 16.8. The molecule has 0 saturated carbocycles. The average molecular weight is 155 g/mol. The molecule has 0 saturated heterocycles. The van der Waals surface area contributed by atoms with Crippen LogP contribution in [0.15, 0.2) is 0 Å². The van der Waals surface area contributed by atoms with Crippen LogP contribution in [0.4, 0.5) is 0 Å². The summed E-state index contributed by atoms with van der Waals surface area (Å²) in [5.41, 5.74) is 0. The van der Waals surface area contributed by atoms with Gasteiger partial charge in [-0.15, -0.1) is 10.2 Å². The van der Waals surface area contributed by atoms with Crippen LogP contribution in [-0.2, 0) is 0 Å². The first-order valence-corrected chi connectivity index (χ1v) is 3.66. The Morgan fingerprint density at radius 2 is 2.18 bits per heavy atom. The molecule has 0 bridgehead atoms. The summed E-state index contributed by atoms with van der Waals surface area (Å²) >= 11 is 0. The van der Waals surface area contributed by atoms with E-state index >= 15 is 0 Å². The summed E-state index contributed by atoms with van der Waals surface area (Å²) in [7, 11) is 1.89. The van der Waals surface area contributed by atoms with E-state index in [1.165, 1.54) is 0 Å². The van der Waals surface area contributed by atoms with Crippen molar-refractivity contribution in [2.75, 3.05) is 7.05 Å². The molecule has 0 aromatic carbocycles. The molecule has 0 amide bonds. The smallest absolute Gasteiger partial charge is 0.191 e. The van der Waals surface area contributed by atoms with Crippen molar-refractivity contribution in [1.82, 2.24) is 25.9 Å². The third-order valence-electron chi connectivity index (χ3n) is 1.62. The van der Waals surface area contributed by atoms with Gasteiger partial charge in [0.05, 0.1) is 6.04 Å². The lowest BCUT2D eigenvalue weighted by Gasteiger charge is -2.15. The van der Waals surface area contributed by atoms with Crippen LogP contribution >= 0.6 is 0 Å². The Balaban J connectivity index is 2.71. The molecule has 11 heavy (non-hydrogen) atoms. The number of H-pyrrole nitrogens is 1. The molecule has 1 aromatic heterocycles. The van der Waals surface area contributed by atoms with Crippen molar-refractivity contribution in [3.05, 3.63) is 5.82 Å². The maximum atomic E-state index is 3.90. The van der Waals surface area contributed by atoms with Gasteiger partial charge in [0.2, 0.25) is 0 Å². The summed E-state index contributed by atoms with van der Waals surface area (Å²) in [6, 6.07) is 0.189. The number of rotatable bonds is 3. The summed E-state index contributed by atoms with van der Waals surface area (Å²) < 4.78 is 0. The number of nitrogens with zero attached hydrogens (tertiary/aromatic N) is 3. The molecule has 1 aromatic rings. The average Bonchev–Trinajstić information content (AvgIpc) is 2.40.